The van der Waals surface area contributed by atoms with Crippen molar-refractivity contribution in [3.8, 4) is 5.75 Å². The molecule has 0 amide bonds. The van der Waals surface area contributed by atoms with E-state index in [0.717, 1.165) is 38.3 Å². The number of fused-ring (bicyclic) bond motifs is 1. The lowest BCUT2D eigenvalue weighted by Gasteiger charge is -2.08. The molecular weight excluding hydrogens is 200 g/mol. The normalized spacial score (nSPS) is 15.6. The molecule has 1 aliphatic heterocycles. The Hall–Kier alpha value is -1.06. The predicted octanol–water partition coefficient (Wildman–Crippen LogP) is 1.45. The third-order valence-corrected chi connectivity index (χ3v) is 2.86. The van der Waals surface area contributed by atoms with Crippen molar-refractivity contribution in [2.24, 2.45) is 5.73 Å². The van der Waals surface area contributed by atoms with Gasteiger partial charge in [0.05, 0.1) is 6.61 Å². The SMILES string of the molecule is CC(N)CCNCc1ccc2c(c1)CCO2. The van der Waals surface area contributed by atoms with E-state index in [1.54, 1.807) is 0 Å². The van der Waals surface area contributed by atoms with Crippen LogP contribution in [0.15, 0.2) is 18.2 Å². The van der Waals surface area contributed by atoms with Crippen LogP contribution in [0.3, 0.4) is 0 Å². The summed E-state index contributed by atoms with van der Waals surface area (Å²) in [7, 11) is 0. The Morgan fingerprint density at radius 1 is 1.50 bits per heavy atom. The number of hydrogen-bond acceptors (Lipinski definition) is 3. The number of hydrogen-bond donors (Lipinski definition) is 2. The fourth-order valence-electron chi connectivity index (χ4n) is 1.91. The summed E-state index contributed by atoms with van der Waals surface area (Å²) in [5.41, 5.74) is 8.36. The zero-order valence-electron chi connectivity index (χ0n) is 9.83. The van der Waals surface area contributed by atoms with Crippen LogP contribution in [0.1, 0.15) is 24.5 Å². The molecule has 0 radical (unpaired) electrons. The van der Waals surface area contributed by atoms with Gasteiger partial charge in [-0.15, -0.1) is 0 Å². The summed E-state index contributed by atoms with van der Waals surface area (Å²) >= 11 is 0. The van der Waals surface area contributed by atoms with Gasteiger partial charge in [0.25, 0.3) is 0 Å². The van der Waals surface area contributed by atoms with E-state index >= 15 is 0 Å². The predicted molar refractivity (Wildman–Crippen MR) is 65.6 cm³/mol. The number of nitrogens with two attached hydrogens (primary N) is 1. The van der Waals surface area contributed by atoms with Crippen molar-refractivity contribution in [3.05, 3.63) is 29.3 Å². The average Bonchev–Trinajstić information content (AvgIpc) is 2.71. The lowest BCUT2D eigenvalue weighted by molar-refractivity contribution is 0.357. The minimum Gasteiger partial charge on any atom is -0.493 e. The Bertz CT molecular complexity index is 350. The molecule has 0 bridgehead atoms. The maximum absolute atomic E-state index is 5.69. The molecule has 88 valence electrons. The van der Waals surface area contributed by atoms with Crippen LogP contribution in [0.25, 0.3) is 0 Å². The van der Waals surface area contributed by atoms with Crippen LogP contribution in [0, 0.1) is 0 Å². The van der Waals surface area contributed by atoms with Crippen LogP contribution in [0.4, 0.5) is 0 Å². The minimum atomic E-state index is 0.279. The third-order valence-electron chi connectivity index (χ3n) is 2.86. The molecule has 1 heterocycles. The molecule has 3 N–H and O–H groups in total. The highest BCUT2D eigenvalue weighted by Gasteiger charge is 2.11. The summed E-state index contributed by atoms with van der Waals surface area (Å²) in [5, 5.41) is 3.40. The topological polar surface area (TPSA) is 47.3 Å². The molecule has 0 saturated heterocycles. The van der Waals surface area contributed by atoms with E-state index in [2.05, 4.69) is 23.5 Å². The third kappa shape index (κ3) is 2.97. The quantitative estimate of drug-likeness (QED) is 0.738. The van der Waals surface area contributed by atoms with Crippen molar-refractivity contribution in [2.45, 2.75) is 32.4 Å². The summed E-state index contributed by atoms with van der Waals surface area (Å²) in [5.74, 6) is 1.05. The van der Waals surface area contributed by atoms with Gasteiger partial charge in [-0.25, -0.2) is 0 Å². The molecule has 3 heteroatoms. The van der Waals surface area contributed by atoms with Gasteiger partial charge in [-0.2, -0.15) is 0 Å². The van der Waals surface area contributed by atoms with Crippen molar-refractivity contribution >= 4 is 0 Å². The largest absolute Gasteiger partial charge is 0.493 e. The van der Waals surface area contributed by atoms with Crippen LogP contribution in [-0.4, -0.2) is 19.2 Å². The van der Waals surface area contributed by atoms with E-state index in [4.69, 9.17) is 10.5 Å². The van der Waals surface area contributed by atoms with Crippen LogP contribution < -0.4 is 15.8 Å². The fourth-order valence-corrected chi connectivity index (χ4v) is 1.91. The van der Waals surface area contributed by atoms with Gasteiger partial charge in [-0.1, -0.05) is 12.1 Å². The number of ether oxygens (including phenoxy) is 1. The molecule has 1 aliphatic rings. The van der Waals surface area contributed by atoms with Gasteiger partial charge >= 0.3 is 0 Å². The number of nitrogens with one attached hydrogen (secondary N) is 1. The fraction of sp³-hybridized carbons (Fsp3) is 0.538. The maximum Gasteiger partial charge on any atom is 0.122 e. The highest BCUT2D eigenvalue weighted by atomic mass is 16.5. The van der Waals surface area contributed by atoms with E-state index in [9.17, 15) is 0 Å². The molecule has 1 atom stereocenters. The van der Waals surface area contributed by atoms with Gasteiger partial charge in [-0.3, -0.25) is 0 Å². The molecule has 0 aliphatic carbocycles. The first kappa shape index (κ1) is 11.4. The zero-order valence-corrected chi connectivity index (χ0v) is 9.83. The smallest absolute Gasteiger partial charge is 0.122 e. The van der Waals surface area contributed by atoms with Gasteiger partial charge in [0.15, 0.2) is 0 Å². The van der Waals surface area contributed by atoms with Crippen molar-refractivity contribution in [1.82, 2.24) is 5.32 Å². The highest BCUT2D eigenvalue weighted by Crippen LogP contribution is 2.25. The second-order valence-electron chi connectivity index (χ2n) is 4.48. The summed E-state index contributed by atoms with van der Waals surface area (Å²) in [4.78, 5) is 0. The first-order valence-corrected chi connectivity index (χ1v) is 5.96. The lowest BCUT2D eigenvalue weighted by atomic mass is 10.1. The summed E-state index contributed by atoms with van der Waals surface area (Å²) in [6.07, 6.45) is 2.07. The number of rotatable bonds is 5. The highest BCUT2D eigenvalue weighted by molar-refractivity contribution is 5.39. The first-order chi connectivity index (χ1) is 7.75. The molecule has 3 nitrogen and oxygen atoms in total. The van der Waals surface area contributed by atoms with Gasteiger partial charge in [0, 0.05) is 19.0 Å². The molecule has 1 aromatic carbocycles. The molecule has 2 rings (SSSR count). The van der Waals surface area contributed by atoms with Gasteiger partial charge in [0.2, 0.25) is 0 Å². The van der Waals surface area contributed by atoms with Crippen molar-refractivity contribution < 1.29 is 4.74 Å². The van der Waals surface area contributed by atoms with E-state index < -0.39 is 0 Å². The van der Waals surface area contributed by atoms with Crippen LogP contribution in [-0.2, 0) is 13.0 Å². The maximum atomic E-state index is 5.69. The molecule has 16 heavy (non-hydrogen) atoms. The van der Waals surface area contributed by atoms with E-state index in [0.29, 0.717) is 0 Å². The van der Waals surface area contributed by atoms with E-state index in [1.165, 1.54) is 11.1 Å². The monoisotopic (exact) mass is 220 g/mol. The summed E-state index contributed by atoms with van der Waals surface area (Å²) in [6.45, 7) is 4.76. The van der Waals surface area contributed by atoms with Crippen LogP contribution >= 0.6 is 0 Å². The van der Waals surface area contributed by atoms with Crippen molar-refractivity contribution in [3.63, 3.8) is 0 Å². The zero-order chi connectivity index (χ0) is 11.4. The van der Waals surface area contributed by atoms with Crippen molar-refractivity contribution in [1.29, 1.82) is 0 Å². The summed E-state index contributed by atoms with van der Waals surface area (Å²) < 4.78 is 5.47. The number of benzene rings is 1. The van der Waals surface area contributed by atoms with Crippen LogP contribution in [0.5, 0.6) is 5.75 Å². The van der Waals surface area contributed by atoms with Gasteiger partial charge in [-0.05, 0) is 37.1 Å². The first-order valence-electron chi connectivity index (χ1n) is 5.96. The molecule has 1 unspecified atom stereocenters. The molecular formula is C13H20N2O. The minimum absolute atomic E-state index is 0.279. The average molecular weight is 220 g/mol. The lowest BCUT2D eigenvalue weighted by Crippen LogP contribution is -2.23. The van der Waals surface area contributed by atoms with Crippen LogP contribution in [0.2, 0.25) is 0 Å². The Morgan fingerprint density at radius 2 is 2.38 bits per heavy atom. The Kier molecular flexibility index (Phi) is 3.80. The van der Waals surface area contributed by atoms with E-state index in [1.807, 2.05) is 6.92 Å². The van der Waals surface area contributed by atoms with Gasteiger partial charge in [0.1, 0.15) is 5.75 Å². The van der Waals surface area contributed by atoms with Gasteiger partial charge < -0.3 is 15.8 Å². The molecule has 0 fully saturated rings. The standard InChI is InChI=1S/C13H20N2O/c1-10(14)4-6-15-9-11-2-3-13-12(8-11)5-7-16-13/h2-3,8,10,15H,4-7,9,14H2,1H3. The molecule has 0 aromatic heterocycles. The second kappa shape index (κ2) is 5.32. The summed E-state index contributed by atoms with van der Waals surface area (Å²) in [6, 6.07) is 6.72. The Labute approximate surface area is 97.0 Å². The second-order valence-corrected chi connectivity index (χ2v) is 4.48. The van der Waals surface area contributed by atoms with E-state index in [-0.39, 0.29) is 6.04 Å². The Morgan fingerprint density at radius 3 is 3.19 bits per heavy atom. The Balaban J connectivity index is 1.81. The molecule has 1 aromatic rings. The molecule has 0 spiro atoms. The van der Waals surface area contributed by atoms with Crippen molar-refractivity contribution in [2.75, 3.05) is 13.2 Å². The molecule has 0 saturated carbocycles.